The molecule has 1 heterocycles. The zero-order valence-electron chi connectivity index (χ0n) is 25.3. The van der Waals surface area contributed by atoms with Crippen LogP contribution in [-0.4, -0.2) is 43.0 Å². The summed E-state index contributed by atoms with van der Waals surface area (Å²) in [7, 11) is 0. The maximum absolute atomic E-state index is 13.6. The zero-order valence-corrected chi connectivity index (χ0v) is 25.3. The molecule has 0 spiro atoms. The van der Waals surface area contributed by atoms with Gasteiger partial charge in [-0.2, -0.15) is 0 Å². The molecule has 3 aromatic carbocycles. The molecule has 0 amide bonds. The Morgan fingerprint density at radius 3 is 1.93 bits per heavy atom. The fourth-order valence-electron chi connectivity index (χ4n) is 6.04. The Morgan fingerprint density at radius 2 is 1.34 bits per heavy atom. The monoisotopic (exact) mass is 600 g/mol. The predicted molar refractivity (Wildman–Crippen MR) is 166 cm³/mol. The van der Waals surface area contributed by atoms with Crippen molar-refractivity contribution in [3.8, 4) is 0 Å². The van der Waals surface area contributed by atoms with Crippen LogP contribution in [0.4, 0.5) is 0 Å². The number of benzene rings is 3. The number of esters is 1. The first-order valence-electron chi connectivity index (χ1n) is 16.0. The van der Waals surface area contributed by atoms with E-state index in [9.17, 15) is 9.59 Å². The summed E-state index contributed by atoms with van der Waals surface area (Å²) < 4.78 is 31.2. The molecule has 3 aromatic rings. The standard InChI is InChI=1S/C37H44O7/c38-24-32-23-34(35(40-25-29-15-7-2-8-16-29)37(43-32)42-27-31-19-11-4-12-20-31)44-33(22-21-28-13-5-1-6-14-28)36(39)41-26-30-17-9-3-10-18-30/h2-4,7-12,15-20,24,28,32-35,37H,1,5-6,13-14,21-23,25-27H2/t32?,33-,34?,35?,37+/m0/s1. The molecule has 234 valence electrons. The van der Waals surface area contributed by atoms with Crippen molar-refractivity contribution < 1.29 is 33.3 Å². The lowest BCUT2D eigenvalue weighted by Gasteiger charge is -2.41. The third-order valence-electron chi connectivity index (χ3n) is 8.49. The average Bonchev–Trinajstić information content (AvgIpc) is 3.09. The molecule has 44 heavy (non-hydrogen) atoms. The fourth-order valence-corrected chi connectivity index (χ4v) is 6.04. The summed E-state index contributed by atoms with van der Waals surface area (Å²) in [6.07, 6.45) is 4.82. The van der Waals surface area contributed by atoms with E-state index in [1.807, 2.05) is 91.0 Å². The van der Waals surface area contributed by atoms with E-state index in [-0.39, 0.29) is 19.6 Å². The molecule has 1 aliphatic carbocycles. The molecule has 2 fully saturated rings. The van der Waals surface area contributed by atoms with Gasteiger partial charge in [0.05, 0.1) is 19.3 Å². The van der Waals surface area contributed by atoms with Gasteiger partial charge in [-0.1, -0.05) is 123 Å². The van der Waals surface area contributed by atoms with Crippen molar-refractivity contribution in [3.05, 3.63) is 108 Å². The van der Waals surface area contributed by atoms with Crippen LogP contribution < -0.4 is 0 Å². The summed E-state index contributed by atoms with van der Waals surface area (Å²) in [4.78, 5) is 25.6. The van der Waals surface area contributed by atoms with Crippen molar-refractivity contribution in [2.24, 2.45) is 5.92 Å². The van der Waals surface area contributed by atoms with Gasteiger partial charge in [0, 0.05) is 6.42 Å². The van der Waals surface area contributed by atoms with Crippen LogP contribution in [0.25, 0.3) is 0 Å². The van der Waals surface area contributed by atoms with Gasteiger partial charge in [0.2, 0.25) is 0 Å². The van der Waals surface area contributed by atoms with Crippen LogP contribution in [0, 0.1) is 5.92 Å². The Balaban J connectivity index is 1.34. The van der Waals surface area contributed by atoms with Gasteiger partial charge in [-0.05, 0) is 35.4 Å². The first-order chi connectivity index (χ1) is 21.7. The number of carbonyl (C=O) groups is 2. The van der Waals surface area contributed by atoms with E-state index in [4.69, 9.17) is 23.7 Å². The lowest BCUT2D eigenvalue weighted by atomic mass is 9.85. The minimum absolute atomic E-state index is 0.171. The molecule has 1 saturated heterocycles. The average molecular weight is 601 g/mol. The van der Waals surface area contributed by atoms with Crippen molar-refractivity contribution in [2.75, 3.05) is 0 Å². The Labute approximate surface area is 260 Å². The second kappa shape index (κ2) is 17.2. The van der Waals surface area contributed by atoms with E-state index in [0.717, 1.165) is 29.4 Å². The van der Waals surface area contributed by atoms with Crippen molar-refractivity contribution >= 4 is 12.3 Å². The van der Waals surface area contributed by atoms with Gasteiger partial charge >= 0.3 is 5.97 Å². The van der Waals surface area contributed by atoms with E-state index < -0.39 is 36.7 Å². The number of aldehydes is 1. The minimum Gasteiger partial charge on any atom is -0.459 e. The second-order valence-corrected chi connectivity index (χ2v) is 11.8. The highest BCUT2D eigenvalue weighted by Crippen LogP contribution is 2.32. The molecule has 0 bridgehead atoms. The largest absolute Gasteiger partial charge is 0.459 e. The van der Waals surface area contributed by atoms with Gasteiger partial charge in [-0.25, -0.2) is 4.79 Å². The molecule has 1 saturated carbocycles. The second-order valence-electron chi connectivity index (χ2n) is 11.8. The molecular formula is C37H44O7. The first-order valence-corrected chi connectivity index (χ1v) is 16.0. The molecule has 2 aliphatic rings. The van der Waals surface area contributed by atoms with Crippen LogP contribution >= 0.6 is 0 Å². The molecule has 7 heteroatoms. The molecule has 7 nitrogen and oxygen atoms in total. The molecular weight excluding hydrogens is 556 g/mol. The number of ether oxygens (including phenoxy) is 5. The third kappa shape index (κ3) is 9.83. The van der Waals surface area contributed by atoms with Crippen LogP contribution in [0.1, 0.15) is 68.1 Å². The van der Waals surface area contributed by atoms with Gasteiger partial charge in [0.1, 0.15) is 25.1 Å². The fraction of sp³-hybridized carbons (Fsp3) is 0.459. The number of carbonyl (C=O) groups excluding carboxylic acids is 2. The van der Waals surface area contributed by atoms with E-state index in [1.54, 1.807) is 0 Å². The molecule has 0 aromatic heterocycles. The molecule has 5 atom stereocenters. The molecule has 0 radical (unpaired) electrons. The highest BCUT2D eigenvalue weighted by atomic mass is 16.7. The van der Waals surface area contributed by atoms with Crippen LogP contribution in [0.3, 0.4) is 0 Å². The van der Waals surface area contributed by atoms with Crippen LogP contribution in [0.5, 0.6) is 0 Å². The predicted octanol–water partition coefficient (Wildman–Crippen LogP) is 6.96. The van der Waals surface area contributed by atoms with E-state index in [0.29, 0.717) is 18.9 Å². The Hall–Kier alpha value is -3.36. The Kier molecular flexibility index (Phi) is 12.5. The number of rotatable bonds is 15. The Morgan fingerprint density at radius 1 is 0.773 bits per heavy atom. The minimum atomic E-state index is -0.868. The highest BCUT2D eigenvalue weighted by molar-refractivity contribution is 5.74. The van der Waals surface area contributed by atoms with Crippen molar-refractivity contribution in [2.45, 2.75) is 102 Å². The highest BCUT2D eigenvalue weighted by Gasteiger charge is 2.43. The van der Waals surface area contributed by atoms with Gasteiger partial charge in [-0.15, -0.1) is 0 Å². The van der Waals surface area contributed by atoms with Crippen LogP contribution in [0.15, 0.2) is 91.0 Å². The van der Waals surface area contributed by atoms with Crippen LogP contribution in [0.2, 0.25) is 0 Å². The maximum atomic E-state index is 13.6. The lowest BCUT2D eigenvalue weighted by molar-refractivity contribution is -0.288. The normalized spacial score (nSPS) is 23.1. The van der Waals surface area contributed by atoms with Gasteiger partial charge in [-0.3, -0.25) is 0 Å². The quantitative estimate of drug-likeness (QED) is 0.138. The SMILES string of the molecule is O=CC1CC(O[C@@H](CCC2CCCCC2)C(=O)OCc2ccccc2)C(OCc2ccccc2)[C@H](OCc2ccccc2)O1. The zero-order chi connectivity index (χ0) is 30.4. The molecule has 1 aliphatic heterocycles. The molecule has 3 unspecified atom stereocenters. The first kappa shape index (κ1) is 32.0. The topological polar surface area (TPSA) is 80.3 Å². The summed E-state index contributed by atoms with van der Waals surface area (Å²) in [5, 5.41) is 0. The van der Waals surface area contributed by atoms with Crippen molar-refractivity contribution in [1.82, 2.24) is 0 Å². The van der Waals surface area contributed by atoms with E-state index in [1.165, 1.54) is 32.1 Å². The summed E-state index contributed by atoms with van der Waals surface area (Å²) in [6.45, 7) is 0.751. The van der Waals surface area contributed by atoms with Crippen LogP contribution in [-0.2, 0) is 53.1 Å². The van der Waals surface area contributed by atoms with Crippen molar-refractivity contribution in [1.29, 1.82) is 0 Å². The van der Waals surface area contributed by atoms with Gasteiger partial charge in [0.25, 0.3) is 0 Å². The van der Waals surface area contributed by atoms with E-state index >= 15 is 0 Å². The van der Waals surface area contributed by atoms with Gasteiger partial charge in [0.15, 0.2) is 12.4 Å². The van der Waals surface area contributed by atoms with E-state index in [2.05, 4.69) is 0 Å². The summed E-state index contributed by atoms with van der Waals surface area (Å²) >= 11 is 0. The number of hydrogen-bond acceptors (Lipinski definition) is 7. The number of hydrogen-bond donors (Lipinski definition) is 0. The molecule has 0 N–H and O–H groups in total. The molecule has 5 rings (SSSR count). The maximum Gasteiger partial charge on any atom is 0.335 e. The summed E-state index contributed by atoms with van der Waals surface area (Å²) in [5.41, 5.74) is 2.87. The van der Waals surface area contributed by atoms with Crippen molar-refractivity contribution in [3.63, 3.8) is 0 Å². The van der Waals surface area contributed by atoms with Gasteiger partial charge < -0.3 is 28.5 Å². The Bertz CT molecular complexity index is 1250. The lowest BCUT2D eigenvalue weighted by Crippen LogP contribution is -2.53. The third-order valence-corrected chi connectivity index (χ3v) is 8.49. The smallest absolute Gasteiger partial charge is 0.335 e. The summed E-state index contributed by atoms with van der Waals surface area (Å²) in [6, 6.07) is 29.3. The summed E-state index contributed by atoms with van der Waals surface area (Å²) in [5.74, 6) is 0.170.